The third-order valence-electron chi connectivity index (χ3n) is 5.17. The van der Waals surface area contributed by atoms with Crippen LogP contribution in [-0.4, -0.2) is 27.0 Å². The largest absolute Gasteiger partial charge is 0.350 e. The third kappa shape index (κ3) is 4.31. The molecule has 1 atom stereocenters. The average Bonchev–Trinajstić information content (AvgIpc) is 3.56. The molecular formula is C23H23N3O3S. The summed E-state index contributed by atoms with van der Waals surface area (Å²) in [6.45, 7) is 3.38. The van der Waals surface area contributed by atoms with Gasteiger partial charge in [0.25, 0.3) is 5.56 Å². The van der Waals surface area contributed by atoms with E-state index in [1.165, 1.54) is 18.7 Å². The summed E-state index contributed by atoms with van der Waals surface area (Å²) in [4.78, 5) is 41.5. The van der Waals surface area contributed by atoms with Gasteiger partial charge in [-0.1, -0.05) is 48.2 Å². The van der Waals surface area contributed by atoms with Crippen molar-refractivity contribution >= 4 is 34.4 Å². The number of ketones is 1. The van der Waals surface area contributed by atoms with E-state index in [1.807, 2.05) is 37.3 Å². The van der Waals surface area contributed by atoms with Crippen molar-refractivity contribution in [1.29, 1.82) is 0 Å². The Morgan fingerprint density at radius 3 is 2.53 bits per heavy atom. The summed E-state index contributed by atoms with van der Waals surface area (Å²) in [5.74, 6) is 0.0880. The molecule has 1 saturated carbocycles. The number of fused-ring (bicyclic) bond motifs is 1. The molecule has 7 heteroatoms. The molecular weight excluding hydrogens is 398 g/mol. The van der Waals surface area contributed by atoms with Crippen LogP contribution in [0.2, 0.25) is 0 Å². The fourth-order valence-corrected chi connectivity index (χ4v) is 4.40. The van der Waals surface area contributed by atoms with E-state index in [2.05, 4.69) is 10.3 Å². The lowest BCUT2D eigenvalue weighted by atomic mass is 10.0. The molecule has 1 aliphatic rings. The zero-order valence-electron chi connectivity index (χ0n) is 16.9. The number of carbonyl (C=O) groups is 2. The molecule has 1 aliphatic carbocycles. The van der Waals surface area contributed by atoms with Crippen LogP contribution < -0.4 is 10.9 Å². The summed E-state index contributed by atoms with van der Waals surface area (Å²) in [6.07, 6.45) is 1.94. The Bertz CT molecular complexity index is 1170. The van der Waals surface area contributed by atoms with Crippen LogP contribution in [0.25, 0.3) is 10.9 Å². The highest BCUT2D eigenvalue weighted by atomic mass is 32.2. The second-order valence-electron chi connectivity index (χ2n) is 7.57. The number of carbonyl (C=O) groups excluding carboxylic acids is 2. The predicted octanol–water partition coefficient (Wildman–Crippen LogP) is 3.90. The molecule has 1 amide bonds. The first kappa shape index (κ1) is 20.3. The fraction of sp³-hybridized carbons (Fsp3) is 0.304. The molecule has 0 bridgehead atoms. The van der Waals surface area contributed by atoms with Gasteiger partial charge in [-0.25, -0.2) is 4.98 Å². The normalized spacial score (nSPS) is 14.5. The molecule has 1 N–H and O–H groups in total. The number of para-hydroxylation sites is 1. The number of hydrogen-bond acceptors (Lipinski definition) is 5. The summed E-state index contributed by atoms with van der Waals surface area (Å²) in [5, 5.41) is 4.05. The summed E-state index contributed by atoms with van der Waals surface area (Å²) < 4.78 is 1.75. The van der Waals surface area contributed by atoms with Gasteiger partial charge in [-0.2, -0.15) is 0 Å². The number of Topliss-reactive ketones (excluding diaryl/α,β-unsaturated/α-hetero) is 1. The summed E-state index contributed by atoms with van der Waals surface area (Å²) in [7, 11) is 0. The van der Waals surface area contributed by atoms with Crippen LogP contribution in [-0.2, 0) is 4.79 Å². The first-order chi connectivity index (χ1) is 14.4. The lowest BCUT2D eigenvalue weighted by Gasteiger charge is -2.13. The highest BCUT2D eigenvalue weighted by molar-refractivity contribution is 7.99. The highest BCUT2D eigenvalue weighted by Gasteiger charge is 2.28. The lowest BCUT2D eigenvalue weighted by Crippen LogP contribution is -2.23. The summed E-state index contributed by atoms with van der Waals surface area (Å²) in [5.41, 5.74) is 2.16. The van der Waals surface area contributed by atoms with Gasteiger partial charge in [-0.3, -0.25) is 19.0 Å². The van der Waals surface area contributed by atoms with Crippen molar-refractivity contribution in [2.75, 3.05) is 5.75 Å². The smallest absolute Gasteiger partial charge is 0.262 e. The molecule has 1 fully saturated rings. The average molecular weight is 422 g/mol. The number of hydrogen-bond donors (Lipinski definition) is 1. The van der Waals surface area contributed by atoms with Crippen LogP contribution in [0.3, 0.4) is 0 Å². The fourth-order valence-electron chi connectivity index (χ4n) is 3.44. The second kappa shape index (κ2) is 8.44. The Morgan fingerprint density at radius 2 is 1.87 bits per heavy atom. The maximum Gasteiger partial charge on any atom is 0.262 e. The number of rotatable bonds is 7. The van der Waals surface area contributed by atoms with E-state index in [1.54, 1.807) is 22.8 Å². The van der Waals surface area contributed by atoms with E-state index >= 15 is 0 Å². The van der Waals surface area contributed by atoms with Crippen LogP contribution in [0.1, 0.15) is 54.7 Å². The zero-order chi connectivity index (χ0) is 21.3. The number of thioether (sulfide) groups is 1. The van der Waals surface area contributed by atoms with E-state index in [4.69, 9.17) is 0 Å². The highest BCUT2D eigenvalue weighted by Crippen LogP contribution is 2.37. The van der Waals surface area contributed by atoms with Gasteiger partial charge in [0.1, 0.15) is 0 Å². The molecule has 1 aromatic heterocycles. The van der Waals surface area contributed by atoms with Crippen LogP contribution in [0.15, 0.2) is 58.5 Å². The summed E-state index contributed by atoms with van der Waals surface area (Å²) >= 11 is 1.31. The summed E-state index contributed by atoms with van der Waals surface area (Å²) in [6, 6.07) is 14.7. The van der Waals surface area contributed by atoms with Gasteiger partial charge in [0.2, 0.25) is 5.91 Å². The predicted molar refractivity (Wildman–Crippen MR) is 118 cm³/mol. The number of benzene rings is 2. The standard InChI is InChI=1S/C23H23N3O3S/c1-14(24-15(2)27)16-7-9-17(10-8-16)21(28)13-30-23-25-20-6-4-3-5-19(20)22(29)26(23)18-11-12-18/h3-10,14,18H,11-13H2,1-2H3,(H,24,27)/t14-/m1/s1. The van der Waals surface area contributed by atoms with Gasteiger partial charge in [0, 0.05) is 18.5 Å². The molecule has 2 aromatic carbocycles. The van der Waals surface area contributed by atoms with Gasteiger partial charge in [0.05, 0.1) is 22.7 Å². The molecule has 0 saturated heterocycles. The monoisotopic (exact) mass is 421 g/mol. The van der Waals surface area contributed by atoms with Crippen molar-refractivity contribution in [3.63, 3.8) is 0 Å². The topological polar surface area (TPSA) is 81.1 Å². The van der Waals surface area contributed by atoms with E-state index in [-0.39, 0.29) is 35.1 Å². The second-order valence-corrected chi connectivity index (χ2v) is 8.52. The van der Waals surface area contributed by atoms with Crippen molar-refractivity contribution in [1.82, 2.24) is 14.9 Å². The lowest BCUT2D eigenvalue weighted by molar-refractivity contribution is -0.119. The minimum atomic E-state index is -0.115. The zero-order valence-corrected chi connectivity index (χ0v) is 17.7. The molecule has 30 heavy (non-hydrogen) atoms. The molecule has 3 aromatic rings. The number of nitrogens with zero attached hydrogens (tertiary/aromatic N) is 2. The van der Waals surface area contributed by atoms with Crippen molar-refractivity contribution in [3.8, 4) is 0 Å². The Balaban J connectivity index is 1.51. The number of amides is 1. The molecule has 6 nitrogen and oxygen atoms in total. The van der Waals surface area contributed by atoms with Crippen molar-refractivity contribution < 1.29 is 9.59 Å². The SMILES string of the molecule is CC(=O)N[C@H](C)c1ccc(C(=O)CSc2nc3ccccc3c(=O)n2C2CC2)cc1. The van der Waals surface area contributed by atoms with Gasteiger partial charge >= 0.3 is 0 Å². The molecule has 154 valence electrons. The van der Waals surface area contributed by atoms with Gasteiger partial charge < -0.3 is 5.32 Å². The van der Waals surface area contributed by atoms with E-state index in [9.17, 15) is 14.4 Å². The Hall–Kier alpha value is -2.93. The minimum absolute atomic E-state index is 0.0246. The third-order valence-corrected chi connectivity index (χ3v) is 6.12. The van der Waals surface area contributed by atoms with Crippen molar-refractivity contribution in [2.45, 2.75) is 43.9 Å². The number of aromatic nitrogens is 2. The molecule has 4 rings (SSSR count). The van der Waals surface area contributed by atoms with E-state index in [0.29, 0.717) is 21.6 Å². The van der Waals surface area contributed by atoms with Crippen LogP contribution in [0.4, 0.5) is 0 Å². The van der Waals surface area contributed by atoms with Crippen LogP contribution in [0, 0.1) is 0 Å². The molecule has 0 radical (unpaired) electrons. The van der Waals surface area contributed by atoms with Gasteiger partial charge in [-0.05, 0) is 37.5 Å². The number of nitrogens with one attached hydrogen (secondary N) is 1. The van der Waals surface area contributed by atoms with Crippen LogP contribution >= 0.6 is 11.8 Å². The van der Waals surface area contributed by atoms with Gasteiger partial charge in [0.15, 0.2) is 10.9 Å². The maximum atomic E-state index is 12.9. The Labute approximate surface area is 178 Å². The molecule has 0 unspecified atom stereocenters. The first-order valence-corrected chi connectivity index (χ1v) is 11.0. The molecule has 0 spiro atoms. The maximum absolute atomic E-state index is 12.9. The molecule has 0 aliphatic heterocycles. The van der Waals surface area contributed by atoms with Crippen molar-refractivity contribution in [2.24, 2.45) is 0 Å². The molecule has 1 heterocycles. The Kier molecular flexibility index (Phi) is 5.72. The van der Waals surface area contributed by atoms with Crippen LogP contribution in [0.5, 0.6) is 0 Å². The van der Waals surface area contributed by atoms with E-state index in [0.717, 1.165) is 18.4 Å². The quantitative estimate of drug-likeness (QED) is 0.355. The van der Waals surface area contributed by atoms with E-state index < -0.39 is 0 Å². The minimum Gasteiger partial charge on any atom is -0.350 e. The van der Waals surface area contributed by atoms with Crippen molar-refractivity contribution in [3.05, 3.63) is 70.0 Å². The Morgan fingerprint density at radius 1 is 1.17 bits per heavy atom. The van der Waals surface area contributed by atoms with Gasteiger partial charge in [-0.15, -0.1) is 0 Å². The first-order valence-electron chi connectivity index (χ1n) is 9.98.